The summed E-state index contributed by atoms with van der Waals surface area (Å²) in [5.41, 5.74) is 10.2. The van der Waals surface area contributed by atoms with Crippen LogP contribution >= 0.6 is 0 Å². The fraction of sp³-hybridized carbons (Fsp3) is 0.357. The molecule has 7 heterocycles. The van der Waals surface area contributed by atoms with Gasteiger partial charge in [0.25, 0.3) is 0 Å². The molecule has 1 unspecified atom stereocenters. The van der Waals surface area contributed by atoms with Crippen LogP contribution in [0.4, 0.5) is 11.5 Å². The molecule has 0 radical (unpaired) electrons. The zero-order chi connectivity index (χ0) is 37.0. The largest absolute Gasteiger partial charge is 0.457 e. The molecule has 280 valence electrons. The molecule has 1 atom stereocenters. The third kappa shape index (κ3) is 6.46. The Hall–Kier alpha value is -5.79. The first-order valence-corrected chi connectivity index (χ1v) is 19.4. The van der Waals surface area contributed by atoms with Crippen molar-refractivity contribution in [2.75, 3.05) is 56.4 Å². The van der Waals surface area contributed by atoms with E-state index in [1.165, 1.54) is 12.0 Å². The molecule has 6 aromatic rings. The van der Waals surface area contributed by atoms with Crippen LogP contribution in [0.1, 0.15) is 37.8 Å². The molecule has 4 fully saturated rings. The highest BCUT2D eigenvalue weighted by Gasteiger charge is 2.38. The molecule has 3 N–H and O–H groups in total. The van der Waals surface area contributed by atoms with Crippen LogP contribution in [0.3, 0.4) is 0 Å². The maximum atomic E-state index is 12.4. The van der Waals surface area contributed by atoms with Crippen molar-refractivity contribution in [2.45, 2.75) is 43.8 Å². The number of benzene rings is 3. The van der Waals surface area contributed by atoms with Crippen LogP contribution < -0.4 is 20.7 Å². The number of carbonyl (C=O) groups excluding carboxylic acids is 2. The topological polar surface area (TPSA) is 140 Å². The molecule has 0 aliphatic carbocycles. The number of rotatable bonds is 9. The maximum Gasteiger partial charge on any atom is 0.249 e. The Kier molecular flexibility index (Phi) is 8.47. The molecule has 55 heavy (non-hydrogen) atoms. The average molecular weight is 737 g/mol. The standard InChI is InChI=1S/C42H44N10O3/c43-40-38-39(28-7-10-35(11-8-28)55-34-4-2-1-3-5-34)47-52(41(38)45-26-44-40)31-14-16-49(17-15-31)33-24-48(25-33)19-27-20-50(21-27)32-9-6-29-22-51(23-30(29)18-32)36-12-13-37(53)46-42(36)54/h1-11,18,22-23,26-27,31,33,36H,12-17,19-21,24-25H2,(H2,43,44,45)(H,46,53,54). The van der Waals surface area contributed by atoms with Gasteiger partial charge < -0.3 is 19.9 Å². The van der Waals surface area contributed by atoms with Crippen LogP contribution in [0.5, 0.6) is 11.5 Å². The van der Waals surface area contributed by atoms with Crippen LogP contribution in [0.2, 0.25) is 0 Å². The number of likely N-dealkylation sites (tertiary alicyclic amines) is 2. The highest BCUT2D eigenvalue weighted by Crippen LogP contribution is 2.37. The molecule has 0 saturated carbocycles. The Bertz CT molecular complexity index is 2370. The van der Waals surface area contributed by atoms with E-state index in [4.69, 9.17) is 15.6 Å². The number of aromatic nitrogens is 5. The van der Waals surface area contributed by atoms with Gasteiger partial charge in [-0.3, -0.25) is 24.7 Å². The zero-order valence-electron chi connectivity index (χ0n) is 30.6. The Morgan fingerprint density at radius 3 is 2.36 bits per heavy atom. The highest BCUT2D eigenvalue weighted by molar-refractivity contribution is 6.00. The van der Waals surface area contributed by atoms with Crippen molar-refractivity contribution < 1.29 is 14.3 Å². The summed E-state index contributed by atoms with van der Waals surface area (Å²) in [6, 6.07) is 24.8. The molecule has 4 saturated heterocycles. The Morgan fingerprint density at radius 1 is 0.818 bits per heavy atom. The van der Waals surface area contributed by atoms with Gasteiger partial charge in [0.2, 0.25) is 11.8 Å². The Labute approximate surface area is 318 Å². The van der Waals surface area contributed by atoms with E-state index in [9.17, 15) is 9.59 Å². The number of hydrogen-bond acceptors (Lipinski definition) is 10. The van der Waals surface area contributed by atoms with E-state index < -0.39 is 0 Å². The monoisotopic (exact) mass is 736 g/mol. The number of nitrogens with one attached hydrogen (secondary N) is 1. The lowest BCUT2D eigenvalue weighted by Gasteiger charge is -2.51. The number of ether oxygens (including phenoxy) is 1. The van der Waals surface area contributed by atoms with Crippen LogP contribution in [0.25, 0.3) is 33.1 Å². The van der Waals surface area contributed by atoms with Crippen molar-refractivity contribution in [1.82, 2.24) is 39.4 Å². The second-order valence-electron chi connectivity index (χ2n) is 15.6. The molecule has 3 aromatic heterocycles. The smallest absolute Gasteiger partial charge is 0.249 e. The number of nitrogens with zero attached hydrogens (tertiary/aromatic N) is 8. The summed E-state index contributed by atoms with van der Waals surface area (Å²) in [7, 11) is 0. The molecule has 3 aromatic carbocycles. The van der Waals surface area contributed by atoms with Gasteiger partial charge in [0, 0.05) is 93.2 Å². The first kappa shape index (κ1) is 33.8. The van der Waals surface area contributed by atoms with Gasteiger partial charge >= 0.3 is 0 Å². The summed E-state index contributed by atoms with van der Waals surface area (Å²) in [6.45, 7) is 7.60. The quantitative estimate of drug-likeness (QED) is 0.189. The summed E-state index contributed by atoms with van der Waals surface area (Å²) in [5.74, 6) is 2.26. The minimum atomic E-state index is -0.329. The molecule has 13 nitrogen and oxygen atoms in total. The number of anilines is 2. The molecular formula is C42H44N10O3. The number of nitrogen functional groups attached to an aromatic ring is 1. The van der Waals surface area contributed by atoms with E-state index in [1.54, 1.807) is 0 Å². The molecule has 4 aliphatic heterocycles. The summed E-state index contributed by atoms with van der Waals surface area (Å²) in [5, 5.41) is 10.6. The predicted molar refractivity (Wildman–Crippen MR) is 211 cm³/mol. The summed E-state index contributed by atoms with van der Waals surface area (Å²) in [6.07, 6.45) is 8.55. The third-order valence-corrected chi connectivity index (χ3v) is 12.0. The number of amides is 2. The van der Waals surface area contributed by atoms with Gasteiger partial charge in [-0.05, 0) is 73.2 Å². The number of piperidine rings is 2. The lowest BCUT2D eigenvalue weighted by molar-refractivity contribution is -0.135. The van der Waals surface area contributed by atoms with Crippen molar-refractivity contribution in [3.05, 3.63) is 91.5 Å². The van der Waals surface area contributed by atoms with Gasteiger partial charge in [0.15, 0.2) is 5.65 Å². The average Bonchev–Trinajstić information content (AvgIpc) is 3.77. The van der Waals surface area contributed by atoms with Gasteiger partial charge in [-0.1, -0.05) is 24.3 Å². The van der Waals surface area contributed by atoms with Crippen molar-refractivity contribution in [1.29, 1.82) is 0 Å². The third-order valence-electron chi connectivity index (χ3n) is 12.0. The summed E-state index contributed by atoms with van der Waals surface area (Å²) >= 11 is 0. The first-order valence-electron chi connectivity index (χ1n) is 19.4. The molecule has 13 heteroatoms. The summed E-state index contributed by atoms with van der Waals surface area (Å²) in [4.78, 5) is 40.7. The zero-order valence-corrected chi connectivity index (χ0v) is 30.6. The summed E-state index contributed by atoms with van der Waals surface area (Å²) < 4.78 is 10.1. The number of fused-ring (bicyclic) bond motifs is 2. The number of para-hydroxylation sites is 1. The van der Waals surface area contributed by atoms with E-state index in [-0.39, 0.29) is 23.9 Å². The van der Waals surface area contributed by atoms with Crippen molar-refractivity contribution >= 4 is 45.1 Å². The number of carbonyl (C=O) groups is 2. The lowest BCUT2D eigenvalue weighted by Crippen LogP contribution is -2.63. The molecule has 0 bridgehead atoms. The van der Waals surface area contributed by atoms with Crippen LogP contribution in [0, 0.1) is 5.92 Å². The van der Waals surface area contributed by atoms with E-state index in [0.29, 0.717) is 30.6 Å². The van der Waals surface area contributed by atoms with Gasteiger partial charge in [0.05, 0.1) is 11.4 Å². The fourth-order valence-corrected chi connectivity index (χ4v) is 8.93. The molecular weight excluding hydrogens is 693 g/mol. The second-order valence-corrected chi connectivity index (χ2v) is 15.6. The Morgan fingerprint density at radius 2 is 1.58 bits per heavy atom. The fourth-order valence-electron chi connectivity index (χ4n) is 8.93. The number of imide groups is 1. The van der Waals surface area contributed by atoms with E-state index in [1.807, 2.05) is 71.6 Å². The van der Waals surface area contributed by atoms with Crippen LogP contribution in [0.15, 0.2) is 91.5 Å². The van der Waals surface area contributed by atoms with E-state index in [2.05, 4.69) is 52.9 Å². The van der Waals surface area contributed by atoms with E-state index >= 15 is 0 Å². The lowest BCUT2D eigenvalue weighted by atomic mass is 9.94. The van der Waals surface area contributed by atoms with E-state index in [0.717, 1.165) is 103 Å². The second kappa shape index (κ2) is 13.8. The van der Waals surface area contributed by atoms with Crippen molar-refractivity contribution in [2.24, 2.45) is 5.92 Å². The minimum Gasteiger partial charge on any atom is -0.457 e. The van der Waals surface area contributed by atoms with Gasteiger partial charge in [0.1, 0.15) is 35.4 Å². The molecule has 2 amide bonds. The Balaban J connectivity index is 0.719. The molecule has 10 rings (SSSR count). The molecule has 0 spiro atoms. The van der Waals surface area contributed by atoms with Crippen LogP contribution in [-0.2, 0) is 9.59 Å². The molecule has 4 aliphatic rings. The van der Waals surface area contributed by atoms with Gasteiger partial charge in [-0.2, -0.15) is 5.10 Å². The SMILES string of the molecule is Nc1ncnc2c1c(-c1ccc(Oc3ccccc3)cc1)nn2C1CCN(C2CN(CC3CN(c4ccc5cn(C6CCC(=O)NC6=O)cc5c4)C3)C2)CC1. The highest BCUT2D eigenvalue weighted by atomic mass is 16.5. The maximum absolute atomic E-state index is 12.4. The first-order chi connectivity index (χ1) is 26.9. The number of hydrogen-bond donors (Lipinski definition) is 2. The minimum absolute atomic E-state index is 0.187. The van der Waals surface area contributed by atoms with Crippen molar-refractivity contribution in [3.63, 3.8) is 0 Å². The van der Waals surface area contributed by atoms with Gasteiger partial charge in [-0.25, -0.2) is 14.6 Å². The normalized spacial score (nSPS) is 20.5. The predicted octanol–water partition coefficient (Wildman–Crippen LogP) is 5.26. The van der Waals surface area contributed by atoms with Gasteiger partial charge in [-0.15, -0.1) is 0 Å². The van der Waals surface area contributed by atoms with Crippen molar-refractivity contribution in [3.8, 4) is 22.8 Å². The van der Waals surface area contributed by atoms with Crippen LogP contribution in [-0.4, -0.2) is 97.8 Å². The number of nitrogens with two attached hydrogens (primary N) is 1.